The van der Waals surface area contributed by atoms with Crippen molar-refractivity contribution in [3.05, 3.63) is 0 Å². The maximum atomic E-state index is 3.80. The molecule has 1 saturated heterocycles. The number of rotatable bonds is 5. The molecular weight excluding hydrogens is 196 g/mol. The highest BCUT2D eigenvalue weighted by atomic mass is 15.2. The molecule has 16 heavy (non-hydrogen) atoms. The molecule has 3 atom stereocenters. The standard InChI is InChI=1S/C14H30N2/c1-6-16-8-7-14(10-13(16)5)15-12(4)9-11(2)3/h11-15H,6-10H2,1-5H3. The number of hydrogen-bond acceptors (Lipinski definition) is 2. The molecular formula is C14H30N2. The topological polar surface area (TPSA) is 15.3 Å². The van der Waals surface area contributed by atoms with E-state index in [2.05, 4.69) is 44.8 Å². The molecule has 1 fully saturated rings. The molecule has 0 saturated carbocycles. The first kappa shape index (κ1) is 14.0. The first-order valence-corrected chi connectivity index (χ1v) is 7.03. The Morgan fingerprint density at radius 2 is 2.00 bits per heavy atom. The van der Waals surface area contributed by atoms with Gasteiger partial charge in [0.05, 0.1) is 0 Å². The highest BCUT2D eigenvalue weighted by molar-refractivity contribution is 4.84. The second kappa shape index (κ2) is 6.61. The fraction of sp³-hybridized carbons (Fsp3) is 1.00. The second-order valence-corrected chi connectivity index (χ2v) is 5.90. The lowest BCUT2D eigenvalue weighted by Crippen LogP contribution is -2.49. The highest BCUT2D eigenvalue weighted by Gasteiger charge is 2.24. The summed E-state index contributed by atoms with van der Waals surface area (Å²) in [5, 5.41) is 3.80. The van der Waals surface area contributed by atoms with E-state index in [4.69, 9.17) is 0 Å². The van der Waals surface area contributed by atoms with E-state index >= 15 is 0 Å². The van der Waals surface area contributed by atoms with Crippen LogP contribution in [0.3, 0.4) is 0 Å². The largest absolute Gasteiger partial charge is 0.311 e. The minimum atomic E-state index is 0.672. The summed E-state index contributed by atoms with van der Waals surface area (Å²) in [5.74, 6) is 0.802. The fourth-order valence-corrected chi connectivity index (χ4v) is 3.02. The van der Waals surface area contributed by atoms with E-state index in [1.54, 1.807) is 0 Å². The van der Waals surface area contributed by atoms with Gasteiger partial charge in [-0.05, 0) is 52.1 Å². The van der Waals surface area contributed by atoms with Gasteiger partial charge in [0.15, 0.2) is 0 Å². The van der Waals surface area contributed by atoms with E-state index in [1.807, 2.05) is 0 Å². The van der Waals surface area contributed by atoms with Gasteiger partial charge in [0.25, 0.3) is 0 Å². The monoisotopic (exact) mass is 226 g/mol. The van der Waals surface area contributed by atoms with Crippen LogP contribution in [0.5, 0.6) is 0 Å². The molecule has 0 aromatic rings. The van der Waals surface area contributed by atoms with Gasteiger partial charge in [0, 0.05) is 18.1 Å². The Balaban J connectivity index is 2.29. The summed E-state index contributed by atoms with van der Waals surface area (Å²) >= 11 is 0. The molecule has 0 amide bonds. The zero-order valence-corrected chi connectivity index (χ0v) is 11.8. The van der Waals surface area contributed by atoms with Gasteiger partial charge in [-0.25, -0.2) is 0 Å². The minimum absolute atomic E-state index is 0.672. The summed E-state index contributed by atoms with van der Waals surface area (Å²) in [6, 6.07) is 2.17. The van der Waals surface area contributed by atoms with Gasteiger partial charge >= 0.3 is 0 Å². The lowest BCUT2D eigenvalue weighted by atomic mass is 9.96. The summed E-state index contributed by atoms with van der Waals surface area (Å²) in [7, 11) is 0. The maximum Gasteiger partial charge on any atom is 0.00964 e. The van der Waals surface area contributed by atoms with Crippen LogP contribution in [0.25, 0.3) is 0 Å². The smallest absolute Gasteiger partial charge is 0.00964 e. The van der Waals surface area contributed by atoms with Gasteiger partial charge in [0.1, 0.15) is 0 Å². The van der Waals surface area contributed by atoms with Crippen molar-refractivity contribution in [1.29, 1.82) is 0 Å². The number of nitrogens with zero attached hydrogens (tertiary/aromatic N) is 1. The van der Waals surface area contributed by atoms with Crippen molar-refractivity contribution in [3.63, 3.8) is 0 Å². The van der Waals surface area contributed by atoms with E-state index in [9.17, 15) is 0 Å². The molecule has 1 aliphatic rings. The second-order valence-electron chi connectivity index (χ2n) is 5.90. The lowest BCUT2D eigenvalue weighted by molar-refractivity contribution is 0.137. The van der Waals surface area contributed by atoms with Crippen LogP contribution in [0, 0.1) is 5.92 Å². The van der Waals surface area contributed by atoms with Crippen molar-refractivity contribution in [2.75, 3.05) is 13.1 Å². The molecule has 3 unspecified atom stereocenters. The molecule has 2 heteroatoms. The average molecular weight is 226 g/mol. The first-order valence-electron chi connectivity index (χ1n) is 7.03. The molecule has 0 spiro atoms. The molecule has 1 rings (SSSR count). The number of nitrogens with one attached hydrogen (secondary N) is 1. The predicted octanol–water partition coefficient (Wildman–Crippen LogP) is 2.88. The van der Waals surface area contributed by atoms with Crippen molar-refractivity contribution in [3.8, 4) is 0 Å². The summed E-state index contributed by atoms with van der Waals surface area (Å²) in [4.78, 5) is 2.59. The van der Waals surface area contributed by atoms with E-state index in [0.717, 1.165) is 18.0 Å². The van der Waals surface area contributed by atoms with Gasteiger partial charge in [-0.2, -0.15) is 0 Å². The van der Waals surface area contributed by atoms with Crippen molar-refractivity contribution >= 4 is 0 Å². The minimum Gasteiger partial charge on any atom is -0.311 e. The van der Waals surface area contributed by atoms with Crippen molar-refractivity contribution in [2.45, 2.75) is 72.0 Å². The van der Waals surface area contributed by atoms with Gasteiger partial charge in [0.2, 0.25) is 0 Å². The molecule has 0 bridgehead atoms. The molecule has 1 aliphatic heterocycles. The highest BCUT2D eigenvalue weighted by Crippen LogP contribution is 2.18. The normalized spacial score (nSPS) is 29.6. The quantitative estimate of drug-likeness (QED) is 0.775. The van der Waals surface area contributed by atoms with Crippen LogP contribution in [0.2, 0.25) is 0 Å². The molecule has 1 heterocycles. The summed E-state index contributed by atoms with van der Waals surface area (Å²) in [6.45, 7) is 14.0. The summed E-state index contributed by atoms with van der Waals surface area (Å²) < 4.78 is 0. The van der Waals surface area contributed by atoms with Crippen molar-refractivity contribution in [2.24, 2.45) is 5.92 Å². The Morgan fingerprint density at radius 1 is 1.31 bits per heavy atom. The summed E-state index contributed by atoms with van der Waals surface area (Å²) in [5.41, 5.74) is 0. The number of likely N-dealkylation sites (tertiary alicyclic amines) is 1. The third kappa shape index (κ3) is 4.42. The van der Waals surface area contributed by atoms with Crippen molar-refractivity contribution < 1.29 is 0 Å². The van der Waals surface area contributed by atoms with Crippen LogP contribution >= 0.6 is 0 Å². The Hall–Kier alpha value is -0.0800. The van der Waals surface area contributed by atoms with Crippen LogP contribution < -0.4 is 5.32 Å². The third-order valence-electron chi connectivity index (χ3n) is 3.77. The SMILES string of the molecule is CCN1CCC(NC(C)CC(C)C)CC1C. The van der Waals surface area contributed by atoms with Gasteiger partial charge in [-0.15, -0.1) is 0 Å². The molecule has 1 N–H and O–H groups in total. The summed E-state index contributed by atoms with van der Waals surface area (Å²) in [6.07, 6.45) is 3.93. The van der Waals surface area contributed by atoms with E-state index in [1.165, 1.54) is 32.4 Å². The van der Waals surface area contributed by atoms with Gasteiger partial charge in [-0.1, -0.05) is 20.8 Å². The molecule has 0 aromatic carbocycles. The van der Waals surface area contributed by atoms with E-state index < -0.39 is 0 Å². The van der Waals surface area contributed by atoms with Gasteiger partial charge < -0.3 is 10.2 Å². The molecule has 0 aromatic heterocycles. The van der Waals surface area contributed by atoms with Gasteiger partial charge in [-0.3, -0.25) is 0 Å². The third-order valence-corrected chi connectivity index (χ3v) is 3.77. The predicted molar refractivity (Wildman–Crippen MR) is 71.8 cm³/mol. The number of hydrogen-bond donors (Lipinski definition) is 1. The van der Waals surface area contributed by atoms with Crippen LogP contribution in [0.15, 0.2) is 0 Å². The fourth-order valence-electron chi connectivity index (χ4n) is 3.02. The molecule has 0 radical (unpaired) electrons. The Kier molecular flexibility index (Phi) is 5.77. The van der Waals surface area contributed by atoms with E-state index in [-0.39, 0.29) is 0 Å². The van der Waals surface area contributed by atoms with Crippen LogP contribution in [-0.2, 0) is 0 Å². The Bertz CT molecular complexity index is 191. The zero-order valence-electron chi connectivity index (χ0n) is 11.8. The van der Waals surface area contributed by atoms with Crippen LogP contribution in [-0.4, -0.2) is 36.1 Å². The van der Waals surface area contributed by atoms with Crippen LogP contribution in [0.1, 0.15) is 53.9 Å². The molecule has 2 nitrogen and oxygen atoms in total. The maximum absolute atomic E-state index is 3.80. The Labute approximate surface area is 102 Å². The molecule has 0 aliphatic carbocycles. The average Bonchev–Trinajstić information content (AvgIpc) is 2.16. The zero-order chi connectivity index (χ0) is 12.1. The Morgan fingerprint density at radius 3 is 2.50 bits per heavy atom. The first-order chi connectivity index (χ1) is 7.52. The van der Waals surface area contributed by atoms with Crippen molar-refractivity contribution in [1.82, 2.24) is 10.2 Å². The van der Waals surface area contributed by atoms with Crippen LogP contribution in [0.4, 0.5) is 0 Å². The van der Waals surface area contributed by atoms with E-state index in [0.29, 0.717) is 6.04 Å². The molecule has 96 valence electrons. The number of piperidine rings is 1. The lowest BCUT2D eigenvalue weighted by Gasteiger charge is -2.38.